The molecule has 0 spiro atoms. The summed E-state index contributed by atoms with van der Waals surface area (Å²) in [5.74, 6) is 0.217. The van der Waals surface area contributed by atoms with Crippen molar-refractivity contribution < 1.29 is 9.59 Å². The van der Waals surface area contributed by atoms with Gasteiger partial charge in [-0.05, 0) is 48.8 Å². The van der Waals surface area contributed by atoms with Gasteiger partial charge in [-0.2, -0.15) is 0 Å². The molecule has 1 aliphatic carbocycles. The van der Waals surface area contributed by atoms with E-state index in [-0.39, 0.29) is 11.8 Å². The van der Waals surface area contributed by atoms with Crippen LogP contribution in [0.25, 0.3) is 0 Å². The highest BCUT2D eigenvalue weighted by atomic mass is 16.2. The zero-order chi connectivity index (χ0) is 16.3. The number of hydrogen-bond donors (Lipinski definition) is 1. The average Bonchev–Trinajstić information content (AvgIpc) is 2.92. The molecule has 4 heteroatoms. The minimum Gasteiger partial charge on any atom is -0.351 e. The number of carbonyl (C=O) groups excluding carboxylic acids is 2. The third-order valence-corrected chi connectivity index (χ3v) is 5.52. The van der Waals surface area contributed by atoms with E-state index in [2.05, 4.69) is 12.2 Å². The molecule has 1 aromatic carbocycles. The first-order valence-corrected chi connectivity index (χ1v) is 8.77. The van der Waals surface area contributed by atoms with E-state index in [1.54, 1.807) is 0 Å². The highest BCUT2D eigenvalue weighted by Gasteiger charge is 2.35. The van der Waals surface area contributed by atoms with Crippen LogP contribution >= 0.6 is 0 Å². The van der Waals surface area contributed by atoms with Crippen molar-refractivity contribution in [3.8, 4) is 0 Å². The minimum absolute atomic E-state index is 0.000626. The van der Waals surface area contributed by atoms with Crippen LogP contribution in [0.3, 0.4) is 0 Å². The van der Waals surface area contributed by atoms with Gasteiger partial charge in [0, 0.05) is 31.6 Å². The lowest BCUT2D eigenvalue weighted by molar-refractivity contribution is -0.128. The summed E-state index contributed by atoms with van der Waals surface area (Å²) >= 11 is 0. The largest absolute Gasteiger partial charge is 0.351 e. The van der Waals surface area contributed by atoms with Crippen molar-refractivity contribution in [2.24, 2.45) is 5.41 Å². The van der Waals surface area contributed by atoms with Gasteiger partial charge in [-0.1, -0.05) is 25.5 Å². The molecule has 0 unspecified atom stereocenters. The average molecular weight is 314 g/mol. The molecule has 0 bridgehead atoms. The van der Waals surface area contributed by atoms with Crippen LogP contribution in [0.4, 0.5) is 0 Å². The van der Waals surface area contributed by atoms with Crippen LogP contribution in [0.5, 0.6) is 0 Å². The number of hydrogen-bond acceptors (Lipinski definition) is 2. The summed E-state index contributed by atoms with van der Waals surface area (Å²) in [6.07, 6.45) is 6.45. The van der Waals surface area contributed by atoms with Crippen LogP contribution in [0.15, 0.2) is 24.3 Å². The smallest absolute Gasteiger partial charge is 0.251 e. The standard InChI is InChI=1S/C19H26N2O2/c1-2-19(9-5-10-19)14-20-18(23)16-7-3-6-15(12-16)13-21-11-4-8-17(21)22/h3,6-7,12H,2,4-5,8-11,13-14H2,1H3,(H,20,23). The van der Waals surface area contributed by atoms with E-state index in [9.17, 15) is 9.59 Å². The Morgan fingerprint density at radius 3 is 2.74 bits per heavy atom. The van der Waals surface area contributed by atoms with E-state index < -0.39 is 0 Å². The lowest BCUT2D eigenvalue weighted by Crippen LogP contribution is -2.41. The molecule has 4 nitrogen and oxygen atoms in total. The third-order valence-electron chi connectivity index (χ3n) is 5.52. The molecule has 23 heavy (non-hydrogen) atoms. The predicted molar refractivity (Wildman–Crippen MR) is 90.0 cm³/mol. The lowest BCUT2D eigenvalue weighted by atomic mass is 9.67. The molecular formula is C19H26N2O2. The first-order chi connectivity index (χ1) is 11.1. The van der Waals surface area contributed by atoms with Crippen molar-refractivity contribution in [2.45, 2.75) is 52.0 Å². The van der Waals surface area contributed by atoms with Gasteiger partial charge in [0.15, 0.2) is 0 Å². The Balaban J connectivity index is 1.60. The number of benzene rings is 1. The molecule has 1 aliphatic heterocycles. The summed E-state index contributed by atoms with van der Waals surface area (Å²) in [7, 11) is 0. The van der Waals surface area contributed by atoms with Gasteiger partial charge in [0.2, 0.25) is 5.91 Å². The topological polar surface area (TPSA) is 49.4 Å². The van der Waals surface area contributed by atoms with Gasteiger partial charge in [0.25, 0.3) is 5.91 Å². The fraction of sp³-hybridized carbons (Fsp3) is 0.579. The summed E-state index contributed by atoms with van der Waals surface area (Å²) in [6.45, 7) is 4.42. The molecule has 1 aromatic rings. The van der Waals surface area contributed by atoms with Gasteiger partial charge in [0.05, 0.1) is 0 Å². The molecule has 2 aliphatic rings. The van der Waals surface area contributed by atoms with Gasteiger partial charge in [0.1, 0.15) is 0 Å². The summed E-state index contributed by atoms with van der Waals surface area (Å²) in [6, 6.07) is 7.66. The number of nitrogens with zero attached hydrogens (tertiary/aromatic N) is 1. The van der Waals surface area contributed by atoms with Crippen molar-refractivity contribution >= 4 is 11.8 Å². The molecule has 3 rings (SSSR count). The monoisotopic (exact) mass is 314 g/mol. The number of amides is 2. The minimum atomic E-state index is -0.000626. The predicted octanol–water partition coefficient (Wildman–Crippen LogP) is 3.12. The second-order valence-corrected chi connectivity index (χ2v) is 7.01. The number of carbonyl (C=O) groups is 2. The van der Waals surface area contributed by atoms with Crippen LogP contribution in [0, 0.1) is 5.41 Å². The van der Waals surface area contributed by atoms with E-state index in [4.69, 9.17) is 0 Å². The van der Waals surface area contributed by atoms with Crippen molar-refractivity contribution in [2.75, 3.05) is 13.1 Å². The Labute approximate surface area is 138 Å². The molecule has 0 radical (unpaired) electrons. The van der Waals surface area contributed by atoms with Crippen LogP contribution < -0.4 is 5.32 Å². The maximum absolute atomic E-state index is 12.4. The van der Waals surface area contributed by atoms with E-state index in [1.165, 1.54) is 19.3 Å². The molecular weight excluding hydrogens is 288 g/mol. The van der Waals surface area contributed by atoms with Gasteiger partial charge < -0.3 is 10.2 Å². The molecule has 0 aromatic heterocycles. The molecule has 1 N–H and O–H groups in total. The zero-order valence-corrected chi connectivity index (χ0v) is 13.9. The van der Waals surface area contributed by atoms with Gasteiger partial charge in [-0.15, -0.1) is 0 Å². The third kappa shape index (κ3) is 3.57. The highest BCUT2D eigenvalue weighted by Crippen LogP contribution is 2.43. The number of rotatable bonds is 6. The normalized spacial score (nSPS) is 19.5. The lowest BCUT2D eigenvalue weighted by Gasteiger charge is -2.41. The molecule has 124 valence electrons. The fourth-order valence-corrected chi connectivity index (χ4v) is 3.60. The Morgan fingerprint density at radius 2 is 2.13 bits per heavy atom. The first kappa shape index (κ1) is 16.0. The van der Waals surface area contributed by atoms with Crippen molar-refractivity contribution in [3.63, 3.8) is 0 Å². The maximum Gasteiger partial charge on any atom is 0.251 e. The molecule has 2 amide bonds. The van der Waals surface area contributed by atoms with E-state index in [0.717, 1.165) is 31.5 Å². The van der Waals surface area contributed by atoms with Crippen molar-refractivity contribution in [1.29, 1.82) is 0 Å². The fourth-order valence-electron chi connectivity index (χ4n) is 3.60. The van der Waals surface area contributed by atoms with E-state index >= 15 is 0 Å². The molecule has 1 saturated carbocycles. The SMILES string of the molecule is CCC1(CNC(=O)c2cccc(CN3CCCC3=O)c2)CCC1. The van der Waals surface area contributed by atoms with Crippen LogP contribution in [-0.4, -0.2) is 29.8 Å². The Morgan fingerprint density at radius 1 is 1.30 bits per heavy atom. The molecule has 2 fully saturated rings. The summed E-state index contributed by atoms with van der Waals surface area (Å²) in [5.41, 5.74) is 2.05. The van der Waals surface area contributed by atoms with E-state index in [1.807, 2.05) is 29.2 Å². The van der Waals surface area contributed by atoms with Crippen LogP contribution in [-0.2, 0) is 11.3 Å². The molecule has 1 heterocycles. The van der Waals surface area contributed by atoms with E-state index in [0.29, 0.717) is 23.9 Å². The molecule has 1 saturated heterocycles. The zero-order valence-electron chi connectivity index (χ0n) is 13.9. The van der Waals surface area contributed by atoms with Crippen molar-refractivity contribution in [3.05, 3.63) is 35.4 Å². The Hall–Kier alpha value is -1.84. The summed E-state index contributed by atoms with van der Waals surface area (Å²) in [5, 5.41) is 3.10. The Kier molecular flexibility index (Phi) is 4.69. The van der Waals surface area contributed by atoms with Gasteiger partial charge >= 0.3 is 0 Å². The first-order valence-electron chi connectivity index (χ1n) is 8.77. The van der Waals surface area contributed by atoms with Crippen LogP contribution in [0.1, 0.15) is 61.4 Å². The number of nitrogens with one attached hydrogen (secondary N) is 1. The highest BCUT2D eigenvalue weighted by molar-refractivity contribution is 5.94. The maximum atomic E-state index is 12.4. The second kappa shape index (κ2) is 6.73. The Bertz CT molecular complexity index is 587. The number of likely N-dealkylation sites (tertiary alicyclic amines) is 1. The van der Waals surface area contributed by atoms with Gasteiger partial charge in [-0.25, -0.2) is 0 Å². The second-order valence-electron chi connectivity index (χ2n) is 7.01. The quantitative estimate of drug-likeness (QED) is 0.877. The summed E-state index contributed by atoms with van der Waals surface area (Å²) < 4.78 is 0. The van der Waals surface area contributed by atoms with Gasteiger partial charge in [-0.3, -0.25) is 9.59 Å². The summed E-state index contributed by atoms with van der Waals surface area (Å²) in [4.78, 5) is 26.0. The molecule has 0 atom stereocenters. The van der Waals surface area contributed by atoms with Crippen LogP contribution in [0.2, 0.25) is 0 Å². The van der Waals surface area contributed by atoms with Crippen molar-refractivity contribution in [1.82, 2.24) is 10.2 Å².